The number of nitrogens with two attached hydrogens (primary N) is 1. The lowest BCUT2D eigenvalue weighted by Gasteiger charge is -2.16. The van der Waals surface area contributed by atoms with Gasteiger partial charge in [0.25, 0.3) is 0 Å². The molecule has 1 nitrogen and oxygen atoms in total. The van der Waals surface area contributed by atoms with E-state index in [0.717, 1.165) is 6.17 Å². The van der Waals surface area contributed by atoms with E-state index in [1.165, 1.54) is 11.1 Å². The first-order chi connectivity index (χ1) is 7.92. The molecule has 2 aromatic carbocycles. The van der Waals surface area contributed by atoms with Gasteiger partial charge in [0.15, 0.2) is 0 Å². The quantitative estimate of drug-likeness (QED) is 0.793. The third-order valence-electron chi connectivity index (χ3n) is 2.86. The van der Waals surface area contributed by atoms with Crippen molar-refractivity contribution in [2.75, 3.05) is 6.17 Å². The predicted molar refractivity (Wildman–Crippen MR) is 72.3 cm³/mol. The average Bonchev–Trinajstić information content (AvgIpc) is 2.38. The minimum absolute atomic E-state index is 0.283. The second kappa shape index (κ2) is 5.63. The van der Waals surface area contributed by atoms with Crippen LogP contribution in [0.3, 0.4) is 0 Å². The molecular formula is C14H17NSi. The van der Waals surface area contributed by atoms with Crippen molar-refractivity contribution in [3.8, 4) is 0 Å². The summed E-state index contributed by atoms with van der Waals surface area (Å²) in [4.78, 5) is 0. The van der Waals surface area contributed by atoms with Crippen LogP contribution < -0.4 is 5.73 Å². The first-order valence-electron chi connectivity index (χ1n) is 5.72. The summed E-state index contributed by atoms with van der Waals surface area (Å²) in [5, 5.41) is 0. The molecule has 0 saturated heterocycles. The summed E-state index contributed by atoms with van der Waals surface area (Å²) in [7, 11) is -0.283. The van der Waals surface area contributed by atoms with Crippen molar-refractivity contribution in [2.45, 2.75) is 5.54 Å². The van der Waals surface area contributed by atoms with Crippen molar-refractivity contribution in [1.29, 1.82) is 0 Å². The second-order valence-electron chi connectivity index (χ2n) is 3.95. The van der Waals surface area contributed by atoms with Gasteiger partial charge in [0.2, 0.25) is 0 Å². The smallest absolute Gasteiger partial charge is 0.0501 e. The van der Waals surface area contributed by atoms with E-state index < -0.39 is 0 Å². The number of rotatable bonds is 4. The third kappa shape index (κ3) is 2.59. The van der Waals surface area contributed by atoms with E-state index in [-0.39, 0.29) is 9.52 Å². The molecule has 2 aromatic rings. The average molecular weight is 227 g/mol. The van der Waals surface area contributed by atoms with Crippen molar-refractivity contribution < 1.29 is 0 Å². The van der Waals surface area contributed by atoms with E-state index in [2.05, 4.69) is 60.7 Å². The Morgan fingerprint density at radius 1 is 0.812 bits per heavy atom. The van der Waals surface area contributed by atoms with E-state index in [9.17, 15) is 0 Å². The number of benzene rings is 2. The van der Waals surface area contributed by atoms with Crippen molar-refractivity contribution in [2.24, 2.45) is 5.73 Å². The van der Waals surface area contributed by atoms with Crippen LogP contribution in [0.25, 0.3) is 0 Å². The zero-order valence-corrected chi connectivity index (χ0v) is 10.8. The van der Waals surface area contributed by atoms with Crippen LogP contribution in [0.2, 0.25) is 0 Å². The molecule has 2 rings (SSSR count). The van der Waals surface area contributed by atoms with E-state index in [4.69, 9.17) is 5.73 Å². The predicted octanol–water partition coefficient (Wildman–Crippen LogP) is 1.86. The van der Waals surface area contributed by atoms with Gasteiger partial charge in [-0.2, -0.15) is 0 Å². The number of hydrogen-bond donors (Lipinski definition) is 1. The van der Waals surface area contributed by atoms with Crippen LogP contribution in [0.1, 0.15) is 16.7 Å². The zero-order valence-electron chi connectivity index (χ0n) is 9.34. The maximum Gasteiger partial charge on any atom is 0.0501 e. The maximum absolute atomic E-state index is 5.77. The van der Waals surface area contributed by atoms with Gasteiger partial charge in [0, 0.05) is 0 Å². The lowest BCUT2D eigenvalue weighted by Crippen LogP contribution is -2.19. The SMILES string of the molecule is NC[SiH2]C(c1ccccc1)c1ccccc1. The molecule has 0 bridgehead atoms. The monoisotopic (exact) mass is 227 g/mol. The van der Waals surface area contributed by atoms with Gasteiger partial charge in [0.1, 0.15) is 0 Å². The molecule has 0 aliphatic rings. The van der Waals surface area contributed by atoms with Gasteiger partial charge in [-0.15, -0.1) is 0 Å². The Morgan fingerprint density at radius 2 is 1.25 bits per heavy atom. The van der Waals surface area contributed by atoms with Gasteiger partial charge >= 0.3 is 0 Å². The summed E-state index contributed by atoms with van der Waals surface area (Å²) in [5.74, 6) is 0. The van der Waals surface area contributed by atoms with Crippen LogP contribution >= 0.6 is 0 Å². The summed E-state index contributed by atoms with van der Waals surface area (Å²) in [6, 6.07) is 21.4. The van der Waals surface area contributed by atoms with Gasteiger partial charge in [-0.05, 0) is 22.8 Å². The van der Waals surface area contributed by atoms with Gasteiger partial charge in [-0.1, -0.05) is 60.7 Å². The van der Waals surface area contributed by atoms with E-state index in [1.54, 1.807) is 0 Å². The summed E-state index contributed by atoms with van der Waals surface area (Å²) in [6.45, 7) is 0. The fourth-order valence-corrected chi connectivity index (χ4v) is 3.61. The minimum atomic E-state index is -0.283. The fraction of sp³-hybridized carbons (Fsp3) is 0.143. The molecular weight excluding hydrogens is 210 g/mol. The Kier molecular flexibility index (Phi) is 3.91. The van der Waals surface area contributed by atoms with Crippen molar-refractivity contribution in [3.63, 3.8) is 0 Å². The molecule has 0 radical (unpaired) electrons. The molecule has 0 fully saturated rings. The Hall–Kier alpha value is -1.38. The maximum atomic E-state index is 5.77. The molecule has 0 aliphatic heterocycles. The van der Waals surface area contributed by atoms with Gasteiger partial charge in [-0.25, -0.2) is 0 Å². The van der Waals surface area contributed by atoms with Crippen molar-refractivity contribution in [3.05, 3.63) is 71.8 Å². The molecule has 2 N–H and O–H groups in total. The summed E-state index contributed by atoms with van der Waals surface area (Å²) in [6.07, 6.45) is 0.856. The molecule has 0 amide bonds. The van der Waals surface area contributed by atoms with E-state index >= 15 is 0 Å². The molecule has 0 heterocycles. The minimum Gasteiger partial charge on any atom is -0.334 e. The first kappa shape index (κ1) is 11.1. The standard InChI is InChI=1S/C14H17NSi/c15-11-16-14(12-7-3-1-4-8-12)13-9-5-2-6-10-13/h1-10,14H,11,15-16H2. The summed E-state index contributed by atoms with van der Waals surface area (Å²) in [5.41, 5.74) is 9.14. The molecule has 0 aromatic heterocycles. The first-order valence-corrected chi connectivity index (χ1v) is 7.53. The Bertz CT molecular complexity index is 374. The third-order valence-corrected chi connectivity index (χ3v) is 4.71. The lowest BCUT2D eigenvalue weighted by molar-refractivity contribution is 1.10. The van der Waals surface area contributed by atoms with Crippen LogP contribution in [0.5, 0.6) is 0 Å². The molecule has 0 spiro atoms. The van der Waals surface area contributed by atoms with Crippen molar-refractivity contribution >= 4 is 9.52 Å². The van der Waals surface area contributed by atoms with Crippen LogP contribution in [-0.4, -0.2) is 15.7 Å². The summed E-state index contributed by atoms with van der Waals surface area (Å²) < 4.78 is 0. The van der Waals surface area contributed by atoms with Crippen LogP contribution in [0, 0.1) is 0 Å². The van der Waals surface area contributed by atoms with E-state index in [0.29, 0.717) is 5.54 Å². The highest BCUT2D eigenvalue weighted by atomic mass is 28.2. The van der Waals surface area contributed by atoms with Gasteiger partial charge < -0.3 is 5.73 Å². The molecule has 0 atom stereocenters. The largest absolute Gasteiger partial charge is 0.334 e. The molecule has 2 heteroatoms. The lowest BCUT2D eigenvalue weighted by atomic mass is 10.0. The highest BCUT2D eigenvalue weighted by Gasteiger charge is 2.12. The molecule has 0 aliphatic carbocycles. The molecule has 82 valence electrons. The Labute approximate surface area is 99.1 Å². The van der Waals surface area contributed by atoms with E-state index in [1.807, 2.05) is 0 Å². The van der Waals surface area contributed by atoms with Gasteiger partial charge in [-0.3, -0.25) is 0 Å². The Morgan fingerprint density at radius 3 is 1.62 bits per heavy atom. The summed E-state index contributed by atoms with van der Waals surface area (Å²) >= 11 is 0. The number of hydrogen-bond acceptors (Lipinski definition) is 1. The highest BCUT2D eigenvalue weighted by Crippen LogP contribution is 2.22. The van der Waals surface area contributed by atoms with Crippen LogP contribution in [0.4, 0.5) is 0 Å². The molecule has 0 saturated carbocycles. The van der Waals surface area contributed by atoms with Gasteiger partial charge in [0.05, 0.1) is 9.52 Å². The van der Waals surface area contributed by atoms with Crippen molar-refractivity contribution in [1.82, 2.24) is 0 Å². The molecule has 0 unspecified atom stereocenters. The topological polar surface area (TPSA) is 26.0 Å². The second-order valence-corrected chi connectivity index (χ2v) is 5.92. The Balaban J connectivity index is 2.31. The van der Waals surface area contributed by atoms with Crippen LogP contribution in [-0.2, 0) is 0 Å². The molecule has 16 heavy (non-hydrogen) atoms. The highest BCUT2D eigenvalue weighted by molar-refractivity contribution is 6.39. The fourth-order valence-electron chi connectivity index (χ4n) is 2.06. The van der Waals surface area contributed by atoms with Crippen LogP contribution in [0.15, 0.2) is 60.7 Å². The zero-order chi connectivity index (χ0) is 11.2. The normalized spacial score (nSPS) is 11.4.